The summed E-state index contributed by atoms with van der Waals surface area (Å²) in [6.07, 6.45) is -4.77. The number of aromatic nitrogens is 2. The summed E-state index contributed by atoms with van der Waals surface area (Å²) < 4.78 is 60.8. The first-order valence-corrected chi connectivity index (χ1v) is 11.9. The number of piperidine rings is 1. The number of hydrogen-bond acceptors (Lipinski definition) is 6. The van der Waals surface area contributed by atoms with E-state index in [1.54, 1.807) is 0 Å². The molecule has 2 aromatic rings. The summed E-state index contributed by atoms with van der Waals surface area (Å²) in [5.74, 6) is -2.60. The predicted octanol–water partition coefficient (Wildman–Crippen LogP) is 2.74. The van der Waals surface area contributed by atoms with Gasteiger partial charge in [0.1, 0.15) is 24.2 Å². The zero-order valence-electron chi connectivity index (χ0n) is 20.1. The number of rotatable bonds is 5. The molecule has 1 unspecified atom stereocenters. The molecule has 14 heteroatoms. The zero-order valence-corrected chi connectivity index (χ0v) is 20.1. The maximum atomic E-state index is 15.2. The molecule has 1 saturated heterocycles. The number of halogens is 4. The number of carbonyl (C=O) groups excluding carboxylic acids is 4. The van der Waals surface area contributed by atoms with Gasteiger partial charge in [-0.2, -0.15) is 18.3 Å². The first kappa shape index (κ1) is 25.7. The fraction of sp³-hybridized carbons (Fsp3) is 0.458. The molecule has 38 heavy (non-hydrogen) atoms. The second kappa shape index (κ2) is 9.40. The third kappa shape index (κ3) is 4.70. The van der Waals surface area contributed by atoms with Crippen molar-refractivity contribution in [2.75, 3.05) is 0 Å². The molecule has 10 nitrogen and oxygen atoms in total. The minimum atomic E-state index is -4.54. The third-order valence-electron chi connectivity index (χ3n) is 7.00. The molecule has 0 radical (unpaired) electrons. The van der Waals surface area contributed by atoms with Gasteiger partial charge in [0.25, 0.3) is 5.91 Å². The highest BCUT2D eigenvalue weighted by Crippen LogP contribution is 2.38. The number of fused-ring (bicyclic) bond motifs is 1. The van der Waals surface area contributed by atoms with Gasteiger partial charge in [0.05, 0.1) is 17.3 Å². The van der Waals surface area contributed by atoms with Crippen LogP contribution in [-0.2, 0) is 33.7 Å². The van der Waals surface area contributed by atoms with Gasteiger partial charge >= 0.3 is 12.3 Å². The first-order chi connectivity index (χ1) is 17.9. The lowest BCUT2D eigenvalue weighted by molar-refractivity contribution is -0.146. The fourth-order valence-corrected chi connectivity index (χ4v) is 5.03. The van der Waals surface area contributed by atoms with Gasteiger partial charge in [-0.1, -0.05) is 12.1 Å². The average Bonchev–Trinajstić information content (AvgIpc) is 3.36. The highest BCUT2D eigenvalue weighted by atomic mass is 19.4. The number of nitrogens with zero attached hydrogens (tertiary/aromatic N) is 3. The number of amides is 4. The lowest BCUT2D eigenvalue weighted by Crippen LogP contribution is -2.52. The normalized spacial score (nSPS) is 23.1. The van der Waals surface area contributed by atoms with Crippen LogP contribution in [0, 0.1) is 12.7 Å². The van der Waals surface area contributed by atoms with E-state index in [9.17, 15) is 32.3 Å². The summed E-state index contributed by atoms with van der Waals surface area (Å²) in [7, 11) is 0. The van der Waals surface area contributed by atoms with Crippen LogP contribution in [0.25, 0.3) is 0 Å². The Morgan fingerprint density at radius 1 is 1.24 bits per heavy atom. The van der Waals surface area contributed by atoms with Crippen molar-refractivity contribution >= 4 is 23.8 Å². The monoisotopic (exact) mass is 537 g/mol. The van der Waals surface area contributed by atoms with Gasteiger partial charge in [0, 0.05) is 24.6 Å². The van der Waals surface area contributed by atoms with E-state index in [1.807, 2.05) is 0 Å². The highest BCUT2D eigenvalue weighted by Gasteiger charge is 2.42. The van der Waals surface area contributed by atoms with Crippen molar-refractivity contribution in [3.63, 3.8) is 0 Å². The van der Waals surface area contributed by atoms with Crippen molar-refractivity contribution in [2.45, 2.75) is 70.1 Å². The van der Waals surface area contributed by atoms with Crippen LogP contribution in [0.3, 0.4) is 0 Å². The zero-order chi connectivity index (χ0) is 27.4. The predicted molar refractivity (Wildman–Crippen MR) is 120 cm³/mol. The molecule has 4 amide bonds. The number of nitrogens with one attached hydrogen (secondary N) is 2. The smallest absolute Gasteiger partial charge is 0.433 e. The fourth-order valence-electron chi connectivity index (χ4n) is 5.03. The Bertz CT molecular complexity index is 1330. The molecule has 2 fully saturated rings. The van der Waals surface area contributed by atoms with Crippen molar-refractivity contribution in [1.82, 2.24) is 25.3 Å². The maximum Gasteiger partial charge on any atom is 0.433 e. The van der Waals surface area contributed by atoms with E-state index in [0.717, 1.165) is 10.7 Å². The van der Waals surface area contributed by atoms with Crippen LogP contribution in [0.2, 0.25) is 0 Å². The number of imide groups is 1. The quantitative estimate of drug-likeness (QED) is 0.447. The molecule has 3 heterocycles. The van der Waals surface area contributed by atoms with Crippen molar-refractivity contribution in [2.24, 2.45) is 0 Å². The molecule has 5 rings (SSSR count). The van der Waals surface area contributed by atoms with E-state index in [2.05, 4.69) is 15.7 Å². The Morgan fingerprint density at radius 2 is 1.97 bits per heavy atom. The Hall–Kier alpha value is -3.97. The summed E-state index contributed by atoms with van der Waals surface area (Å²) in [6, 6.07) is 2.00. The highest BCUT2D eigenvalue weighted by molar-refractivity contribution is 6.05. The maximum absolute atomic E-state index is 15.2. The van der Waals surface area contributed by atoms with E-state index in [-0.39, 0.29) is 49.0 Å². The van der Waals surface area contributed by atoms with Crippen LogP contribution in [0.15, 0.2) is 18.2 Å². The molecule has 0 spiro atoms. The van der Waals surface area contributed by atoms with Crippen molar-refractivity contribution in [1.29, 1.82) is 0 Å². The molecule has 2 aliphatic heterocycles. The van der Waals surface area contributed by atoms with Gasteiger partial charge in [-0.25, -0.2) is 9.18 Å². The van der Waals surface area contributed by atoms with Crippen LogP contribution in [0.1, 0.15) is 64.6 Å². The Labute approximate surface area is 213 Å². The molecule has 0 bridgehead atoms. The number of ether oxygens (including phenoxy) is 1. The van der Waals surface area contributed by atoms with E-state index >= 15 is 4.39 Å². The second-order valence-electron chi connectivity index (χ2n) is 9.63. The number of alkyl halides is 3. The molecule has 1 saturated carbocycles. The van der Waals surface area contributed by atoms with Crippen LogP contribution < -0.4 is 10.6 Å². The van der Waals surface area contributed by atoms with E-state index in [0.29, 0.717) is 5.56 Å². The third-order valence-corrected chi connectivity index (χ3v) is 7.00. The summed E-state index contributed by atoms with van der Waals surface area (Å²) in [6.45, 7) is 0.993. The summed E-state index contributed by atoms with van der Waals surface area (Å²) in [4.78, 5) is 49.9. The van der Waals surface area contributed by atoms with E-state index in [4.69, 9.17) is 4.74 Å². The molecule has 1 aromatic carbocycles. The number of carbonyl (C=O) groups is 4. The molecular weight excluding hydrogens is 514 g/mol. The number of aryl methyl sites for hydroxylation is 1. The van der Waals surface area contributed by atoms with Crippen LogP contribution >= 0.6 is 0 Å². The van der Waals surface area contributed by atoms with Crippen LogP contribution in [0.4, 0.5) is 22.4 Å². The summed E-state index contributed by atoms with van der Waals surface area (Å²) in [5, 5.41) is 8.63. The van der Waals surface area contributed by atoms with Crippen molar-refractivity contribution < 1.29 is 41.5 Å². The molecule has 1 aliphatic carbocycles. The van der Waals surface area contributed by atoms with Gasteiger partial charge in [-0.15, -0.1) is 0 Å². The molecular formula is C24H23F4N5O5. The van der Waals surface area contributed by atoms with Gasteiger partial charge in [-0.05, 0) is 37.8 Å². The standard InChI is InChI=1S/C24H23F4N5O5/c1-11-6-17(24(26,27)28)33(31-11)15-7-14(8-15)29-23(37)38-10-13-3-2-12-9-32(22(36)19(12)20(13)25)16-4-5-18(34)30-21(16)35/h2-3,6,14-16H,4-5,7-10H2,1H3,(H,29,37)(H,30,34,35). The molecule has 1 atom stereocenters. The summed E-state index contributed by atoms with van der Waals surface area (Å²) >= 11 is 0. The van der Waals surface area contributed by atoms with Gasteiger partial charge < -0.3 is 15.0 Å². The lowest BCUT2D eigenvalue weighted by atomic mass is 9.87. The minimum absolute atomic E-state index is 0.00760. The minimum Gasteiger partial charge on any atom is -0.445 e. The molecule has 202 valence electrons. The first-order valence-electron chi connectivity index (χ1n) is 11.9. The van der Waals surface area contributed by atoms with E-state index < -0.39 is 66.2 Å². The molecule has 2 N–H and O–H groups in total. The van der Waals surface area contributed by atoms with Crippen LogP contribution in [0.5, 0.6) is 0 Å². The number of alkyl carbamates (subject to hydrolysis) is 1. The molecule has 1 aromatic heterocycles. The SMILES string of the molecule is Cc1cc(C(F)(F)F)n(C2CC(NC(=O)OCc3ccc4c(c3F)C(=O)N(C3CCC(=O)NC3=O)C4)C2)n1. The largest absolute Gasteiger partial charge is 0.445 e. The topological polar surface area (TPSA) is 123 Å². The molecule has 3 aliphatic rings. The number of hydrogen-bond donors (Lipinski definition) is 2. The Morgan fingerprint density at radius 3 is 2.66 bits per heavy atom. The van der Waals surface area contributed by atoms with Gasteiger partial charge in [-0.3, -0.25) is 24.4 Å². The Balaban J connectivity index is 1.16. The Kier molecular flexibility index (Phi) is 6.35. The van der Waals surface area contributed by atoms with Gasteiger partial charge in [0.15, 0.2) is 0 Å². The second-order valence-corrected chi connectivity index (χ2v) is 9.63. The lowest BCUT2D eigenvalue weighted by Gasteiger charge is -2.36. The van der Waals surface area contributed by atoms with Crippen molar-refractivity contribution in [3.05, 3.63) is 52.1 Å². The summed E-state index contributed by atoms with van der Waals surface area (Å²) in [5.41, 5.74) is -0.501. The van der Waals surface area contributed by atoms with E-state index in [1.165, 1.54) is 24.0 Å². The van der Waals surface area contributed by atoms with Crippen LogP contribution in [-0.4, -0.2) is 50.6 Å². The van der Waals surface area contributed by atoms with Gasteiger partial charge in [0.2, 0.25) is 11.8 Å². The average molecular weight is 537 g/mol. The number of benzene rings is 1. The van der Waals surface area contributed by atoms with Crippen molar-refractivity contribution in [3.8, 4) is 0 Å².